The van der Waals surface area contributed by atoms with E-state index >= 15 is 0 Å². The van der Waals surface area contributed by atoms with Crippen LogP contribution in [0.5, 0.6) is 5.88 Å². The van der Waals surface area contributed by atoms with Crippen molar-refractivity contribution in [2.45, 2.75) is 22.8 Å². The van der Waals surface area contributed by atoms with Crippen LogP contribution in [0, 0.1) is 5.41 Å². The summed E-state index contributed by atoms with van der Waals surface area (Å²) in [6.45, 7) is 1.53. The van der Waals surface area contributed by atoms with Gasteiger partial charge in [0.1, 0.15) is 6.29 Å². The second-order valence-electron chi connectivity index (χ2n) is 9.15. The zero-order valence-electron chi connectivity index (χ0n) is 25.1. The molecule has 12 nitrogen and oxygen atoms in total. The van der Waals surface area contributed by atoms with Crippen LogP contribution in [0.2, 0.25) is 0 Å². The minimum absolute atomic E-state index is 0.0318. The number of allylic oxidation sites excluding steroid dienone is 1. The van der Waals surface area contributed by atoms with Crippen molar-refractivity contribution in [3.05, 3.63) is 108 Å². The highest BCUT2D eigenvalue weighted by atomic mass is 32.2. The van der Waals surface area contributed by atoms with Crippen LogP contribution in [-0.2, 0) is 14.1 Å². The van der Waals surface area contributed by atoms with Crippen LogP contribution >= 0.6 is 19.4 Å². The van der Waals surface area contributed by atoms with Crippen molar-refractivity contribution in [1.29, 1.82) is 5.41 Å². The fourth-order valence-electron chi connectivity index (χ4n) is 3.65. The largest absolute Gasteiger partial charge is 0.419 e. The van der Waals surface area contributed by atoms with E-state index in [-0.39, 0.29) is 23.2 Å². The number of ether oxygens (including phenoxy) is 1. The van der Waals surface area contributed by atoms with Crippen LogP contribution in [0.4, 0.5) is 5.69 Å². The summed E-state index contributed by atoms with van der Waals surface area (Å²) in [7, 11) is 0.760. The number of aldehydes is 1. The Balaban J connectivity index is 0.00000177. The number of anilines is 1. The highest BCUT2D eigenvalue weighted by Crippen LogP contribution is 2.45. The summed E-state index contributed by atoms with van der Waals surface area (Å²) in [6.07, 6.45) is 9.63. The SMILES string of the molecule is CNC(=O)c1ccccc1Sc1ccc(C(=N)/C=C/c2ccccn2)c(NP(=O)(NC(C)C=O)Oc2cnccn2)c1.COC. The van der Waals surface area contributed by atoms with Crippen molar-refractivity contribution in [2.24, 2.45) is 0 Å². The Bertz CT molecular complexity index is 1660. The number of nitrogens with zero attached hydrogens (tertiary/aromatic N) is 3. The molecule has 4 aromatic rings. The summed E-state index contributed by atoms with van der Waals surface area (Å²) in [5.74, 6) is -0.265. The number of aromatic nitrogens is 3. The molecule has 234 valence electrons. The second-order valence-corrected chi connectivity index (χ2v) is 12.0. The Morgan fingerprint density at radius 2 is 1.78 bits per heavy atom. The van der Waals surface area contributed by atoms with E-state index in [9.17, 15) is 14.2 Å². The van der Waals surface area contributed by atoms with Crippen LogP contribution in [0.3, 0.4) is 0 Å². The number of rotatable bonds is 13. The lowest BCUT2D eigenvalue weighted by Crippen LogP contribution is -2.30. The molecule has 0 bridgehead atoms. The highest BCUT2D eigenvalue weighted by Gasteiger charge is 2.29. The molecular weight excluding hydrogens is 613 g/mol. The molecule has 2 aromatic carbocycles. The number of methoxy groups -OCH3 is 1. The Morgan fingerprint density at radius 3 is 2.44 bits per heavy atom. The number of pyridine rings is 1. The molecule has 45 heavy (non-hydrogen) atoms. The van der Waals surface area contributed by atoms with E-state index < -0.39 is 13.7 Å². The molecule has 0 aliphatic carbocycles. The summed E-state index contributed by atoms with van der Waals surface area (Å²) in [5.41, 5.74) is 1.93. The molecule has 2 unspecified atom stereocenters. The van der Waals surface area contributed by atoms with E-state index in [1.807, 2.05) is 18.2 Å². The number of nitrogens with one attached hydrogen (secondary N) is 4. The third kappa shape index (κ3) is 10.8. The van der Waals surface area contributed by atoms with Gasteiger partial charge < -0.3 is 24.8 Å². The summed E-state index contributed by atoms with van der Waals surface area (Å²) in [6, 6.07) is 16.9. The molecule has 0 radical (unpaired) electrons. The number of amides is 1. The van der Waals surface area contributed by atoms with Gasteiger partial charge in [0, 0.05) is 55.2 Å². The molecule has 4 rings (SSSR count). The summed E-state index contributed by atoms with van der Waals surface area (Å²) < 4.78 is 24.1. The van der Waals surface area contributed by atoms with Gasteiger partial charge in [-0.05, 0) is 61.5 Å². The summed E-state index contributed by atoms with van der Waals surface area (Å²) in [5, 5.41) is 17.0. The predicted molar refractivity (Wildman–Crippen MR) is 176 cm³/mol. The molecule has 4 N–H and O–H groups in total. The average molecular weight is 648 g/mol. The van der Waals surface area contributed by atoms with Crippen molar-refractivity contribution in [2.75, 3.05) is 26.4 Å². The zero-order chi connectivity index (χ0) is 32.7. The molecule has 0 saturated heterocycles. The molecule has 2 aromatic heterocycles. The van der Waals surface area contributed by atoms with Crippen LogP contribution in [0.25, 0.3) is 6.08 Å². The van der Waals surface area contributed by atoms with Crippen molar-refractivity contribution >= 4 is 49.1 Å². The number of benzene rings is 2. The Morgan fingerprint density at radius 1 is 1.02 bits per heavy atom. The molecule has 0 aliphatic rings. The highest BCUT2D eigenvalue weighted by molar-refractivity contribution is 7.99. The van der Waals surface area contributed by atoms with Gasteiger partial charge in [0.2, 0.25) is 5.88 Å². The van der Waals surface area contributed by atoms with Crippen LogP contribution in [-0.4, -0.2) is 60.2 Å². The lowest BCUT2D eigenvalue weighted by atomic mass is 10.1. The first-order valence-corrected chi connectivity index (χ1v) is 15.9. The molecule has 0 aliphatic heterocycles. The van der Waals surface area contributed by atoms with Crippen LogP contribution in [0.15, 0.2) is 101 Å². The predicted octanol–water partition coefficient (Wildman–Crippen LogP) is 5.50. The number of hydrogen-bond acceptors (Lipinski definition) is 10. The molecule has 0 spiro atoms. The maximum absolute atomic E-state index is 14.1. The first-order valence-electron chi connectivity index (χ1n) is 13.5. The van der Waals surface area contributed by atoms with E-state index in [1.54, 1.807) is 82.1 Å². The molecule has 2 atom stereocenters. The van der Waals surface area contributed by atoms with E-state index in [0.29, 0.717) is 32.9 Å². The van der Waals surface area contributed by atoms with Gasteiger partial charge in [0.05, 0.1) is 34.9 Å². The normalized spacial score (nSPS) is 12.6. The standard InChI is InChI=1S/C29H28N7O4PS.C2H6O/c1-20(19-37)35-41(39,40-28-18-32-15-16-34-28)36-26-17-22(42-27-9-4-3-8-24(27)29(38)31-2)11-12-23(26)25(30)13-10-21-7-5-6-14-33-21;1-3-2/h3-20,30H,1-2H3,(H,31,38)(H2,35,36,39);1-2H3/b13-10+,30-25?;. The summed E-state index contributed by atoms with van der Waals surface area (Å²) in [4.78, 5) is 37.5. The molecular formula is C31H34N7O5PS. The van der Waals surface area contributed by atoms with Crippen molar-refractivity contribution in [3.63, 3.8) is 0 Å². The van der Waals surface area contributed by atoms with Gasteiger partial charge in [-0.15, -0.1) is 0 Å². The average Bonchev–Trinajstić information content (AvgIpc) is 3.04. The minimum Gasteiger partial charge on any atom is -0.398 e. The van der Waals surface area contributed by atoms with Gasteiger partial charge in [-0.3, -0.25) is 19.8 Å². The number of carbonyl (C=O) groups is 2. The monoisotopic (exact) mass is 647 g/mol. The van der Waals surface area contributed by atoms with Gasteiger partial charge in [0.15, 0.2) is 0 Å². The van der Waals surface area contributed by atoms with Gasteiger partial charge >= 0.3 is 7.67 Å². The van der Waals surface area contributed by atoms with E-state index in [1.165, 1.54) is 37.3 Å². The fraction of sp³-hybridized carbons (Fsp3) is 0.161. The maximum atomic E-state index is 14.1. The van der Waals surface area contributed by atoms with Gasteiger partial charge in [0.25, 0.3) is 5.91 Å². The van der Waals surface area contributed by atoms with Crippen LogP contribution in [0.1, 0.15) is 28.5 Å². The van der Waals surface area contributed by atoms with Gasteiger partial charge in [-0.1, -0.05) is 30.0 Å². The Kier molecular flexibility index (Phi) is 13.6. The first-order chi connectivity index (χ1) is 21.7. The van der Waals surface area contributed by atoms with E-state index in [0.717, 1.165) is 0 Å². The lowest BCUT2D eigenvalue weighted by Gasteiger charge is -2.24. The smallest absolute Gasteiger partial charge is 0.398 e. The maximum Gasteiger partial charge on any atom is 0.419 e. The number of carbonyl (C=O) groups excluding carboxylic acids is 2. The number of hydrogen-bond donors (Lipinski definition) is 4. The third-order valence-electron chi connectivity index (χ3n) is 5.58. The topological polar surface area (TPSA) is 168 Å². The van der Waals surface area contributed by atoms with Crippen molar-refractivity contribution in [3.8, 4) is 5.88 Å². The minimum atomic E-state index is -4.05. The van der Waals surface area contributed by atoms with Crippen molar-refractivity contribution < 1.29 is 23.4 Å². The molecule has 1 amide bonds. The molecule has 14 heteroatoms. The van der Waals surface area contributed by atoms with Crippen molar-refractivity contribution in [1.82, 2.24) is 25.4 Å². The molecule has 2 heterocycles. The second kappa shape index (κ2) is 17.6. The Hall–Kier alpha value is -4.68. The first kappa shape index (κ1) is 34.8. The molecule has 0 saturated carbocycles. The van der Waals surface area contributed by atoms with E-state index in [2.05, 4.69) is 35.2 Å². The fourth-order valence-corrected chi connectivity index (χ4v) is 6.26. The van der Waals surface area contributed by atoms with Gasteiger partial charge in [-0.25, -0.2) is 14.6 Å². The van der Waals surface area contributed by atoms with Crippen LogP contribution < -0.4 is 20.0 Å². The lowest BCUT2D eigenvalue weighted by molar-refractivity contribution is -0.108. The third-order valence-corrected chi connectivity index (χ3v) is 8.38. The molecule has 0 fully saturated rings. The Labute approximate surface area is 266 Å². The van der Waals surface area contributed by atoms with Gasteiger partial charge in [-0.2, -0.15) is 0 Å². The zero-order valence-corrected chi connectivity index (χ0v) is 26.8. The van der Waals surface area contributed by atoms with E-state index in [4.69, 9.17) is 9.93 Å². The summed E-state index contributed by atoms with van der Waals surface area (Å²) >= 11 is 1.32. The quantitative estimate of drug-likeness (QED) is 0.0821.